The number of carbonyl (C=O) groups is 1. The largest absolute Gasteiger partial charge is 0.353 e. The molecule has 1 aliphatic carbocycles. The monoisotopic (exact) mass is 270 g/mol. The minimum absolute atomic E-state index is 0.0720. The topological polar surface area (TPSA) is 55.1 Å². The van der Waals surface area contributed by atoms with Gasteiger partial charge in [0.2, 0.25) is 5.91 Å². The van der Waals surface area contributed by atoms with Crippen LogP contribution in [0.3, 0.4) is 0 Å². The van der Waals surface area contributed by atoms with Crippen molar-refractivity contribution in [1.82, 2.24) is 5.32 Å². The van der Waals surface area contributed by atoms with Crippen molar-refractivity contribution in [1.29, 1.82) is 0 Å². The Hall–Kier alpha value is -0.220. The number of amides is 1. The first-order chi connectivity index (χ1) is 8.44. The standard InChI is InChI=1S/C14H26N2OS/c1-11-5-3-7-14(15,9-11)12(17)16-10-13(2)6-4-8-18-13/h11H,3-10,15H2,1-2H3,(H,16,17). The number of nitrogens with two attached hydrogens (primary N) is 1. The first kappa shape index (κ1) is 14.2. The van der Waals surface area contributed by atoms with Gasteiger partial charge in [0, 0.05) is 11.3 Å². The molecular weight excluding hydrogens is 244 g/mol. The number of rotatable bonds is 3. The fourth-order valence-electron chi connectivity index (χ4n) is 3.22. The van der Waals surface area contributed by atoms with Crippen molar-refractivity contribution in [3.8, 4) is 0 Å². The summed E-state index contributed by atoms with van der Waals surface area (Å²) in [4.78, 5) is 12.3. The third-order valence-corrected chi connectivity index (χ3v) is 5.95. The molecular formula is C14H26N2OS. The maximum Gasteiger partial charge on any atom is 0.240 e. The third-order valence-electron chi connectivity index (χ3n) is 4.41. The Kier molecular flexibility index (Phi) is 4.27. The predicted octanol–water partition coefficient (Wildman–Crippen LogP) is 2.30. The van der Waals surface area contributed by atoms with Crippen molar-refractivity contribution in [2.75, 3.05) is 12.3 Å². The van der Waals surface area contributed by atoms with E-state index in [0.29, 0.717) is 5.92 Å². The maximum absolute atomic E-state index is 12.3. The Labute approximate surface area is 115 Å². The van der Waals surface area contributed by atoms with Crippen molar-refractivity contribution in [2.24, 2.45) is 11.7 Å². The highest BCUT2D eigenvalue weighted by Gasteiger charge is 2.39. The van der Waals surface area contributed by atoms with E-state index in [1.165, 1.54) is 25.0 Å². The number of nitrogens with one attached hydrogen (secondary N) is 1. The van der Waals surface area contributed by atoms with Gasteiger partial charge in [0.1, 0.15) is 0 Å². The molecule has 3 unspecified atom stereocenters. The Morgan fingerprint density at radius 3 is 2.83 bits per heavy atom. The van der Waals surface area contributed by atoms with Crippen LogP contribution in [0.15, 0.2) is 0 Å². The molecule has 18 heavy (non-hydrogen) atoms. The van der Waals surface area contributed by atoms with Gasteiger partial charge in [-0.2, -0.15) is 11.8 Å². The molecule has 0 aromatic heterocycles. The lowest BCUT2D eigenvalue weighted by Gasteiger charge is -2.36. The fraction of sp³-hybridized carbons (Fsp3) is 0.929. The molecule has 0 radical (unpaired) electrons. The van der Waals surface area contributed by atoms with Crippen molar-refractivity contribution >= 4 is 17.7 Å². The predicted molar refractivity (Wildman–Crippen MR) is 77.7 cm³/mol. The zero-order chi connectivity index (χ0) is 13.2. The average Bonchev–Trinajstić information content (AvgIpc) is 2.73. The molecule has 0 aromatic carbocycles. The molecule has 1 heterocycles. The summed E-state index contributed by atoms with van der Waals surface area (Å²) >= 11 is 1.98. The smallest absolute Gasteiger partial charge is 0.240 e. The van der Waals surface area contributed by atoms with E-state index in [1.54, 1.807) is 0 Å². The molecule has 2 rings (SSSR count). The maximum atomic E-state index is 12.3. The van der Waals surface area contributed by atoms with E-state index >= 15 is 0 Å². The number of thioether (sulfide) groups is 1. The number of hydrogen-bond donors (Lipinski definition) is 2. The Bertz CT molecular complexity index is 315. The lowest BCUT2D eigenvalue weighted by Crippen LogP contribution is -2.57. The summed E-state index contributed by atoms with van der Waals surface area (Å²) in [6.45, 7) is 5.21. The van der Waals surface area contributed by atoms with Crippen LogP contribution >= 0.6 is 11.8 Å². The van der Waals surface area contributed by atoms with Crippen LogP contribution in [-0.4, -0.2) is 28.5 Å². The molecule has 1 saturated heterocycles. The Morgan fingerprint density at radius 2 is 2.22 bits per heavy atom. The fourth-order valence-corrected chi connectivity index (χ4v) is 4.46. The van der Waals surface area contributed by atoms with Gasteiger partial charge in [-0.3, -0.25) is 4.79 Å². The summed E-state index contributed by atoms with van der Waals surface area (Å²) < 4.78 is 0.228. The van der Waals surface area contributed by atoms with Crippen molar-refractivity contribution < 1.29 is 4.79 Å². The first-order valence-corrected chi connectivity index (χ1v) is 8.13. The summed E-state index contributed by atoms with van der Waals surface area (Å²) in [5, 5.41) is 3.11. The van der Waals surface area contributed by atoms with Crippen LogP contribution < -0.4 is 11.1 Å². The normalized spacial score (nSPS) is 40.7. The molecule has 0 bridgehead atoms. The molecule has 1 saturated carbocycles. The minimum Gasteiger partial charge on any atom is -0.353 e. The van der Waals surface area contributed by atoms with Gasteiger partial charge in [0.15, 0.2) is 0 Å². The molecule has 2 fully saturated rings. The Balaban J connectivity index is 1.87. The van der Waals surface area contributed by atoms with Crippen LogP contribution in [0, 0.1) is 5.92 Å². The summed E-state index contributed by atoms with van der Waals surface area (Å²) in [5.74, 6) is 1.87. The minimum atomic E-state index is -0.614. The van der Waals surface area contributed by atoms with Crippen LogP contribution in [0.25, 0.3) is 0 Å². The molecule has 3 nitrogen and oxygen atoms in total. The summed E-state index contributed by atoms with van der Waals surface area (Å²) in [7, 11) is 0. The van der Waals surface area contributed by atoms with E-state index in [2.05, 4.69) is 19.2 Å². The molecule has 4 heteroatoms. The highest BCUT2D eigenvalue weighted by Crippen LogP contribution is 2.37. The van der Waals surface area contributed by atoms with Gasteiger partial charge < -0.3 is 11.1 Å². The zero-order valence-electron chi connectivity index (χ0n) is 11.6. The average molecular weight is 270 g/mol. The van der Waals surface area contributed by atoms with Crippen LogP contribution in [0.4, 0.5) is 0 Å². The van der Waals surface area contributed by atoms with Crippen LogP contribution in [0.1, 0.15) is 52.4 Å². The number of carbonyl (C=O) groups excluding carboxylic acids is 1. The molecule has 0 aromatic rings. The zero-order valence-corrected chi connectivity index (χ0v) is 12.4. The first-order valence-electron chi connectivity index (χ1n) is 7.15. The van der Waals surface area contributed by atoms with Crippen molar-refractivity contribution in [3.05, 3.63) is 0 Å². The van der Waals surface area contributed by atoms with Gasteiger partial charge in [-0.15, -0.1) is 0 Å². The molecule has 3 N–H and O–H groups in total. The van der Waals surface area contributed by atoms with Crippen LogP contribution in [0.5, 0.6) is 0 Å². The second-order valence-corrected chi connectivity index (χ2v) is 8.12. The molecule has 2 aliphatic rings. The molecule has 3 atom stereocenters. The SMILES string of the molecule is CC1CCCC(N)(C(=O)NCC2(C)CCCS2)C1. The molecule has 1 aliphatic heterocycles. The van der Waals surface area contributed by atoms with E-state index < -0.39 is 5.54 Å². The van der Waals surface area contributed by atoms with Crippen LogP contribution in [0.2, 0.25) is 0 Å². The van der Waals surface area contributed by atoms with Crippen LogP contribution in [-0.2, 0) is 4.79 Å². The highest BCUT2D eigenvalue weighted by molar-refractivity contribution is 8.00. The lowest BCUT2D eigenvalue weighted by molar-refractivity contribution is -0.128. The summed E-state index contributed by atoms with van der Waals surface area (Å²) in [6.07, 6.45) is 6.43. The van der Waals surface area contributed by atoms with Gasteiger partial charge in [0.25, 0.3) is 0 Å². The van der Waals surface area contributed by atoms with Gasteiger partial charge >= 0.3 is 0 Å². The number of hydrogen-bond acceptors (Lipinski definition) is 3. The van der Waals surface area contributed by atoms with Gasteiger partial charge in [-0.05, 0) is 44.3 Å². The quantitative estimate of drug-likeness (QED) is 0.827. The van der Waals surface area contributed by atoms with E-state index in [0.717, 1.165) is 25.8 Å². The van der Waals surface area contributed by atoms with Crippen molar-refractivity contribution in [3.63, 3.8) is 0 Å². The van der Waals surface area contributed by atoms with Crippen molar-refractivity contribution in [2.45, 2.75) is 62.7 Å². The third kappa shape index (κ3) is 3.21. The summed E-state index contributed by atoms with van der Waals surface area (Å²) in [6, 6.07) is 0. The van der Waals surface area contributed by atoms with Gasteiger partial charge in [-0.1, -0.05) is 19.8 Å². The Morgan fingerprint density at radius 1 is 1.44 bits per heavy atom. The van der Waals surface area contributed by atoms with E-state index in [-0.39, 0.29) is 10.7 Å². The van der Waals surface area contributed by atoms with Gasteiger partial charge in [0.05, 0.1) is 5.54 Å². The second-order valence-electron chi connectivity index (χ2n) is 6.44. The molecule has 104 valence electrons. The van der Waals surface area contributed by atoms with E-state index in [4.69, 9.17) is 5.73 Å². The molecule has 0 spiro atoms. The summed E-state index contributed by atoms with van der Waals surface area (Å²) in [5.41, 5.74) is 5.69. The van der Waals surface area contributed by atoms with Gasteiger partial charge in [-0.25, -0.2) is 0 Å². The van der Waals surface area contributed by atoms with E-state index in [9.17, 15) is 4.79 Å². The highest BCUT2D eigenvalue weighted by atomic mass is 32.2. The molecule has 1 amide bonds. The lowest BCUT2D eigenvalue weighted by atomic mass is 9.76. The van der Waals surface area contributed by atoms with E-state index in [1.807, 2.05) is 11.8 Å². The second kappa shape index (κ2) is 5.41.